The van der Waals surface area contributed by atoms with Crippen molar-refractivity contribution in [2.75, 3.05) is 26.8 Å². The van der Waals surface area contributed by atoms with Gasteiger partial charge in [0.2, 0.25) is 0 Å². The number of halogens is 2. The van der Waals surface area contributed by atoms with Crippen molar-refractivity contribution in [3.8, 4) is 5.75 Å². The maximum absolute atomic E-state index is 14.3. The molecule has 4 nitrogen and oxygen atoms in total. The van der Waals surface area contributed by atoms with Gasteiger partial charge in [0, 0.05) is 13.1 Å². The third-order valence-corrected chi connectivity index (χ3v) is 3.58. The Morgan fingerprint density at radius 3 is 2.56 bits per heavy atom. The van der Waals surface area contributed by atoms with Crippen LogP contribution in [0.2, 0.25) is 0 Å². The number of benzene rings is 2. The van der Waals surface area contributed by atoms with Crippen LogP contribution in [0, 0.1) is 11.6 Å². The summed E-state index contributed by atoms with van der Waals surface area (Å²) in [7, 11) is 1.23. The number of hydrogen-bond donors (Lipinski definition) is 1. The van der Waals surface area contributed by atoms with Crippen molar-refractivity contribution < 1.29 is 23.4 Å². The lowest BCUT2D eigenvalue weighted by Crippen LogP contribution is -2.35. The van der Waals surface area contributed by atoms with Gasteiger partial charge in [-0.05, 0) is 17.7 Å². The minimum absolute atomic E-state index is 0.0476. The highest BCUT2D eigenvalue weighted by atomic mass is 19.1. The maximum atomic E-state index is 14.3. The van der Waals surface area contributed by atoms with Crippen LogP contribution in [0.5, 0.6) is 5.75 Å². The van der Waals surface area contributed by atoms with E-state index in [9.17, 15) is 13.6 Å². The zero-order chi connectivity index (χ0) is 18.2. The van der Waals surface area contributed by atoms with Crippen LogP contribution in [-0.2, 0) is 0 Å². The van der Waals surface area contributed by atoms with Crippen LogP contribution in [-0.4, -0.2) is 42.7 Å². The van der Waals surface area contributed by atoms with E-state index >= 15 is 0 Å². The number of methoxy groups -OCH3 is 1. The van der Waals surface area contributed by atoms with Crippen molar-refractivity contribution in [2.45, 2.75) is 0 Å². The van der Waals surface area contributed by atoms with Gasteiger partial charge in [0.15, 0.2) is 11.6 Å². The first-order chi connectivity index (χ1) is 12.1. The number of nitrogens with zero attached hydrogens (tertiary/aromatic N) is 1. The molecule has 0 saturated carbocycles. The molecular formula is C19H19F2NO3. The van der Waals surface area contributed by atoms with E-state index in [0.29, 0.717) is 0 Å². The number of carbonyl (C=O) groups excluding carboxylic acids is 1. The highest BCUT2D eigenvalue weighted by molar-refractivity contribution is 5.95. The monoisotopic (exact) mass is 347 g/mol. The Morgan fingerprint density at radius 2 is 1.92 bits per heavy atom. The molecule has 1 amide bonds. The molecule has 0 unspecified atom stereocenters. The highest BCUT2D eigenvalue weighted by Crippen LogP contribution is 2.24. The summed E-state index contributed by atoms with van der Waals surface area (Å²) >= 11 is 0. The van der Waals surface area contributed by atoms with E-state index in [1.165, 1.54) is 12.0 Å². The Morgan fingerprint density at radius 1 is 1.20 bits per heavy atom. The largest absolute Gasteiger partial charge is 0.494 e. The predicted octanol–water partition coefficient (Wildman–Crippen LogP) is 3.12. The standard InChI is InChI=1S/C19H19F2NO3/c1-25-16-10-9-15(20)17(18(16)21)19(24)22(12-13-23)11-5-8-14-6-3-2-4-7-14/h2-10,23H,11-13H2,1H3/b8-5+. The molecule has 0 aromatic heterocycles. The van der Waals surface area contributed by atoms with Crippen molar-refractivity contribution in [3.05, 3.63) is 71.3 Å². The predicted molar refractivity (Wildman–Crippen MR) is 91.4 cm³/mol. The molecule has 0 atom stereocenters. The summed E-state index contributed by atoms with van der Waals surface area (Å²) < 4.78 is 33.1. The maximum Gasteiger partial charge on any atom is 0.260 e. The quantitative estimate of drug-likeness (QED) is 0.837. The van der Waals surface area contributed by atoms with Crippen molar-refractivity contribution >= 4 is 12.0 Å². The summed E-state index contributed by atoms with van der Waals surface area (Å²) in [6, 6.07) is 11.5. The van der Waals surface area contributed by atoms with Crippen LogP contribution in [0.15, 0.2) is 48.5 Å². The van der Waals surface area contributed by atoms with Crippen LogP contribution in [0.4, 0.5) is 8.78 Å². The van der Waals surface area contributed by atoms with E-state index in [4.69, 9.17) is 9.84 Å². The average Bonchev–Trinajstić information content (AvgIpc) is 2.62. The lowest BCUT2D eigenvalue weighted by molar-refractivity contribution is 0.0732. The first-order valence-corrected chi connectivity index (χ1v) is 7.72. The second-order valence-corrected chi connectivity index (χ2v) is 5.23. The van der Waals surface area contributed by atoms with Gasteiger partial charge in [-0.15, -0.1) is 0 Å². The Balaban J connectivity index is 2.22. The van der Waals surface area contributed by atoms with Crippen molar-refractivity contribution in [3.63, 3.8) is 0 Å². The van der Waals surface area contributed by atoms with Gasteiger partial charge < -0.3 is 14.7 Å². The molecule has 132 valence electrons. The third-order valence-electron chi connectivity index (χ3n) is 3.58. The number of hydrogen-bond acceptors (Lipinski definition) is 3. The molecule has 0 spiro atoms. The lowest BCUT2D eigenvalue weighted by Gasteiger charge is -2.21. The third kappa shape index (κ3) is 4.64. The summed E-state index contributed by atoms with van der Waals surface area (Å²) in [6.07, 6.45) is 3.48. The molecule has 0 saturated heterocycles. The van der Waals surface area contributed by atoms with E-state index in [2.05, 4.69) is 0 Å². The van der Waals surface area contributed by atoms with Gasteiger partial charge >= 0.3 is 0 Å². The molecule has 0 aliphatic carbocycles. The molecule has 0 fully saturated rings. The molecule has 25 heavy (non-hydrogen) atoms. The highest BCUT2D eigenvalue weighted by Gasteiger charge is 2.25. The first-order valence-electron chi connectivity index (χ1n) is 7.72. The molecule has 0 aliphatic rings. The summed E-state index contributed by atoms with van der Waals surface area (Å²) in [5.41, 5.74) is 0.235. The molecule has 0 aliphatic heterocycles. The molecule has 1 N–H and O–H groups in total. The SMILES string of the molecule is COc1ccc(F)c(C(=O)N(C/C=C/c2ccccc2)CCO)c1F. The van der Waals surface area contributed by atoms with E-state index in [1.54, 1.807) is 12.2 Å². The number of rotatable bonds is 7. The molecule has 6 heteroatoms. The number of aliphatic hydroxyl groups excluding tert-OH is 1. The van der Waals surface area contributed by atoms with Crippen molar-refractivity contribution in [2.24, 2.45) is 0 Å². The summed E-state index contributed by atoms with van der Waals surface area (Å²) in [6.45, 7) is -0.267. The van der Waals surface area contributed by atoms with Crippen LogP contribution in [0.25, 0.3) is 6.08 Å². The summed E-state index contributed by atoms with van der Waals surface area (Å²) in [4.78, 5) is 13.7. The minimum atomic E-state index is -1.05. The van der Waals surface area contributed by atoms with Crippen LogP contribution in [0.1, 0.15) is 15.9 Å². The van der Waals surface area contributed by atoms with Crippen LogP contribution >= 0.6 is 0 Å². The number of amides is 1. The summed E-state index contributed by atoms with van der Waals surface area (Å²) in [5, 5.41) is 9.16. The molecule has 0 radical (unpaired) electrons. The Labute approximate surface area is 145 Å². The minimum Gasteiger partial charge on any atom is -0.494 e. The fourth-order valence-electron chi connectivity index (χ4n) is 2.32. The lowest BCUT2D eigenvalue weighted by atomic mass is 10.1. The Bertz CT molecular complexity index is 748. The van der Waals surface area contributed by atoms with Crippen LogP contribution in [0.3, 0.4) is 0 Å². The van der Waals surface area contributed by atoms with Crippen molar-refractivity contribution in [1.29, 1.82) is 0 Å². The molecule has 2 rings (SSSR count). The second-order valence-electron chi connectivity index (χ2n) is 5.23. The normalized spacial score (nSPS) is 10.9. The van der Waals surface area contributed by atoms with E-state index in [1.807, 2.05) is 30.3 Å². The Kier molecular flexibility index (Phi) is 6.65. The van der Waals surface area contributed by atoms with Gasteiger partial charge in [0.25, 0.3) is 5.91 Å². The van der Waals surface area contributed by atoms with Gasteiger partial charge in [-0.2, -0.15) is 0 Å². The average molecular weight is 347 g/mol. The van der Waals surface area contributed by atoms with E-state index in [-0.39, 0.29) is 25.4 Å². The molecule has 2 aromatic carbocycles. The Hall–Kier alpha value is -2.73. The number of carbonyl (C=O) groups is 1. The first kappa shape index (κ1) is 18.6. The van der Waals surface area contributed by atoms with Gasteiger partial charge in [-0.25, -0.2) is 8.78 Å². The van der Waals surface area contributed by atoms with Gasteiger partial charge in [-0.1, -0.05) is 42.5 Å². The smallest absolute Gasteiger partial charge is 0.260 e. The van der Waals surface area contributed by atoms with E-state index < -0.39 is 23.1 Å². The van der Waals surface area contributed by atoms with E-state index in [0.717, 1.165) is 17.7 Å². The molecule has 0 heterocycles. The zero-order valence-corrected chi connectivity index (χ0v) is 13.8. The topological polar surface area (TPSA) is 49.8 Å². The number of ether oxygens (including phenoxy) is 1. The molecule has 0 bridgehead atoms. The van der Waals surface area contributed by atoms with Crippen LogP contribution < -0.4 is 4.74 Å². The molecule has 2 aromatic rings. The van der Waals surface area contributed by atoms with Gasteiger partial charge in [-0.3, -0.25) is 4.79 Å². The fourth-order valence-corrected chi connectivity index (χ4v) is 2.32. The number of aliphatic hydroxyl groups is 1. The van der Waals surface area contributed by atoms with Gasteiger partial charge in [0.05, 0.1) is 13.7 Å². The fraction of sp³-hybridized carbons (Fsp3) is 0.211. The van der Waals surface area contributed by atoms with Gasteiger partial charge in [0.1, 0.15) is 11.4 Å². The van der Waals surface area contributed by atoms with Crippen molar-refractivity contribution in [1.82, 2.24) is 4.90 Å². The molecular weight excluding hydrogens is 328 g/mol. The summed E-state index contributed by atoms with van der Waals surface area (Å²) in [5.74, 6) is -3.09. The zero-order valence-electron chi connectivity index (χ0n) is 13.8. The second kappa shape index (κ2) is 8.94.